The zero-order valence-electron chi connectivity index (χ0n) is 14.1. The number of urea groups is 1. The number of nitrogens with zero attached hydrogens (tertiary/aromatic N) is 1. The molecule has 9 heteroatoms. The van der Waals surface area contributed by atoms with E-state index >= 15 is 0 Å². The predicted octanol–water partition coefficient (Wildman–Crippen LogP) is 0.998. The van der Waals surface area contributed by atoms with E-state index in [-0.39, 0.29) is 29.9 Å². The minimum atomic E-state index is -3.17. The van der Waals surface area contributed by atoms with Crippen molar-refractivity contribution in [3.63, 3.8) is 0 Å². The number of carboxylic acid groups (broad SMARTS) is 1. The summed E-state index contributed by atoms with van der Waals surface area (Å²) in [5.74, 6) is -0.902. The maximum atomic E-state index is 11.9. The molecule has 1 fully saturated rings. The second kappa shape index (κ2) is 8.30. The molecule has 3 N–H and O–H groups in total. The first-order chi connectivity index (χ1) is 11.8. The van der Waals surface area contributed by atoms with Crippen LogP contribution in [0.4, 0.5) is 4.79 Å². The SMILES string of the molecule is CCS(=O)(=O)N1CCC(NC(=O)NCc2ccc(C(=O)O)cc2)CC1. The molecule has 0 unspecified atom stereocenters. The van der Waals surface area contributed by atoms with Crippen molar-refractivity contribution in [3.8, 4) is 0 Å². The fourth-order valence-corrected chi connectivity index (χ4v) is 3.78. The Labute approximate surface area is 147 Å². The van der Waals surface area contributed by atoms with Gasteiger partial charge in [0.2, 0.25) is 10.0 Å². The lowest BCUT2D eigenvalue weighted by atomic mass is 10.1. The average molecular weight is 369 g/mol. The number of carbonyl (C=O) groups is 2. The monoisotopic (exact) mass is 369 g/mol. The normalized spacial score (nSPS) is 16.4. The first kappa shape index (κ1) is 19.2. The number of amides is 2. The fourth-order valence-electron chi connectivity index (χ4n) is 2.64. The molecule has 0 radical (unpaired) electrons. The Bertz CT molecular complexity index is 710. The molecule has 138 valence electrons. The van der Waals surface area contributed by atoms with Crippen LogP contribution in [0.3, 0.4) is 0 Å². The molecule has 1 aliphatic rings. The topological polar surface area (TPSA) is 116 Å². The maximum absolute atomic E-state index is 11.9. The van der Waals surface area contributed by atoms with Gasteiger partial charge in [-0.2, -0.15) is 0 Å². The van der Waals surface area contributed by atoms with Gasteiger partial charge in [0.1, 0.15) is 0 Å². The third-order valence-electron chi connectivity index (χ3n) is 4.20. The van der Waals surface area contributed by atoms with Crippen molar-refractivity contribution in [2.45, 2.75) is 32.4 Å². The van der Waals surface area contributed by atoms with Crippen LogP contribution in [-0.2, 0) is 16.6 Å². The highest BCUT2D eigenvalue weighted by molar-refractivity contribution is 7.89. The summed E-state index contributed by atoms with van der Waals surface area (Å²) in [7, 11) is -3.17. The number of benzene rings is 1. The number of piperidine rings is 1. The zero-order valence-corrected chi connectivity index (χ0v) is 14.9. The smallest absolute Gasteiger partial charge is 0.335 e. The lowest BCUT2D eigenvalue weighted by Crippen LogP contribution is -2.49. The van der Waals surface area contributed by atoms with Crippen LogP contribution in [0.15, 0.2) is 24.3 Å². The van der Waals surface area contributed by atoms with Gasteiger partial charge in [-0.15, -0.1) is 0 Å². The summed E-state index contributed by atoms with van der Waals surface area (Å²) in [6, 6.07) is 5.90. The molecule has 0 saturated carbocycles. The second-order valence-electron chi connectivity index (χ2n) is 5.90. The largest absolute Gasteiger partial charge is 0.478 e. The number of sulfonamides is 1. The van der Waals surface area contributed by atoms with Crippen molar-refractivity contribution in [2.24, 2.45) is 0 Å². The van der Waals surface area contributed by atoms with E-state index in [1.54, 1.807) is 19.1 Å². The van der Waals surface area contributed by atoms with Gasteiger partial charge in [-0.3, -0.25) is 0 Å². The second-order valence-corrected chi connectivity index (χ2v) is 8.16. The molecule has 0 aromatic heterocycles. The van der Waals surface area contributed by atoms with Crippen LogP contribution in [0.5, 0.6) is 0 Å². The first-order valence-corrected chi connectivity index (χ1v) is 9.77. The Hall–Kier alpha value is -2.13. The molecule has 1 heterocycles. The number of aromatic carboxylic acids is 1. The van der Waals surface area contributed by atoms with Gasteiger partial charge in [0.25, 0.3) is 0 Å². The van der Waals surface area contributed by atoms with E-state index in [9.17, 15) is 18.0 Å². The predicted molar refractivity (Wildman–Crippen MR) is 92.8 cm³/mol. The Morgan fingerprint density at radius 1 is 1.20 bits per heavy atom. The Balaban J connectivity index is 1.75. The molecule has 0 aliphatic carbocycles. The molecule has 0 bridgehead atoms. The van der Waals surface area contributed by atoms with E-state index in [1.165, 1.54) is 16.4 Å². The van der Waals surface area contributed by atoms with Crippen LogP contribution in [-0.4, -0.2) is 54.7 Å². The summed E-state index contributed by atoms with van der Waals surface area (Å²) in [4.78, 5) is 22.7. The molecule has 1 aromatic rings. The standard InChI is InChI=1S/C16H23N3O5S/c1-2-25(23,24)19-9-7-14(8-10-19)18-16(22)17-11-12-3-5-13(6-4-12)15(20)21/h3-6,14H,2,7-11H2,1H3,(H,20,21)(H2,17,18,22). The Morgan fingerprint density at radius 2 is 1.80 bits per heavy atom. The molecule has 0 spiro atoms. The third kappa shape index (κ3) is 5.43. The van der Waals surface area contributed by atoms with Gasteiger partial charge >= 0.3 is 12.0 Å². The van der Waals surface area contributed by atoms with Gasteiger partial charge in [0.15, 0.2) is 0 Å². The summed E-state index contributed by atoms with van der Waals surface area (Å²) in [6.07, 6.45) is 1.17. The molecule has 8 nitrogen and oxygen atoms in total. The molecule has 0 atom stereocenters. The number of carbonyl (C=O) groups excluding carboxylic acids is 1. The van der Waals surface area contributed by atoms with Crippen molar-refractivity contribution in [3.05, 3.63) is 35.4 Å². The lowest BCUT2D eigenvalue weighted by Gasteiger charge is -2.31. The Morgan fingerprint density at radius 3 is 2.32 bits per heavy atom. The molecular formula is C16H23N3O5S. The molecule has 2 amide bonds. The van der Waals surface area contributed by atoms with Crippen LogP contribution < -0.4 is 10.6 Å². The minimum Gasteiger partial charge on any atom is -0.478 e. The number of rotatable bonds is 6. The summed E-state index contributed by atoms with van der Waals surface area (Å²) in [6.45, 7) is 2.74. The summed E-state index contributed by atoms with van der Waals surface area (Å²) >= 11 is 0. The molecule has 25 heavy (non-hydrogen) atoms. The van der Waals surface area contributed by atoms with Crippen LogP contribution >= 0.6 is 0 Å². The van der Waals surface area contributed by atoms with Crippen molar-refractivity contribution in [1.29, 1.82) is 0 Å². The van der Waals surface area contributed by atoms with Crippen molar-refractivity contribution in [1.82, 2.24) is 14.9 Å². The fraction of sp³-hybridized carbons (Fsp3) is 0.500. The number of hydrogen-bond donors (Lipinski definition) is 3. The lowest BCUT2D eigenvalue weighted by molar-refractivity contribution is 0.0697. The maximum Gasteiger partial charge on any atom is 0.335 e. The molecular weight excluding hydrogens is 346 g/mol. The highest BCUT2D eigenvalue weighted by atomic mass is 32.2. The number of hydrogen-bond acceptors (Lipinski definition) is 4. The van der Waals surface area contributed by atoms with Gasteiger partial charge in [0, 0.05) is 25.7 Å². The first-order valence-electron chi connectivity index (χ1n) is 8.16. The van der Waals surface area contributed by atoms with Crippen molar-refractivity contribution < 1.29 is 23.1 Å². The van der Waals surface area contributed by atoms with Crippen LogP contribution in [0.2, 0.25) is 0 Å². The summed E-state index contributed by atoms with van der Waals surface area (Å²) in [5.41, 5.74) is 0.992. The zero-order chi connectivity index (χ0) is 18.4. The van der Waals surface area contributed by atoms with Crippen molar-refractivity contribution >= 4 is 22.0 Å². The summed E-state index contributed by atoms with van der Waals surface area (Å²) in [5, 5.41) is 14.4. The van der Waals surface area contributed by atoms with Gasteiger partial charge in [-0.1, -0.05) is 12.1 Å². The average Bonchev–Trinajstić information content (AvgIpc) is 2.61. The Kier molecular flexibility index (Phi) is 6.38. The van der Waals surface area contributed by atoms with Crippen molar-refractivity contribution in [2.75, 3.05) is 18.8 Å². The van der Waals surface area contributed by atoms with Gasteiger partial charge in [-0.05, 0) is 37.5 Å². The van der Waals surface area contributed by atoms with E-state index < -0.39 is 16.0 Å². The van der Waals surface area contributed by atoms with E-state index in [4.69, 9.17) is 5.11 Å². The van der Waals surface area contributed by atoms with Gasteiger partial charge < -0.3 is 15.7 Å². The molecule has 1 saturated heterocycles. The number of carboxylic acids is 1. The van der Waals surface area contributed by atoms with Gasteiger partial charge in [-0.25, -0.2) is 22.3 Å². The van der Waals surface area contributed by atoms with E-state index in [1.807, 2.05) is 0 Å². The van der Waals surface area contributed by atoms with E-state index in [0.29, 0.717) is 25.9 Å². The number of nitrogens with one attached hydrogen (secondary N) is 2. The molecule has 1 aliphatic heterocycles. The van der Waals surface area contributed by atoms with Crippen LogP contribution in [0, 0.1) is 0 Å². The summed E-state index contributed by atoms with van der Waals surface area (Å²) < 4.78 is 25.1. The van der Waals surface area contributed by atoms with E-state index in [0.717, 1.165) is 5.56 Å². The highest BCUT2D eigenvalue weighted by Gasteiger charge is 2.27. The quantitative estimate of drug-likeness (QED) is 0.692. The molecule has 2 rings (SSSR count). The highest BCUT2D eigenvalue weighted by Crippen LogP contribution is 2.14. The third-order valence-corrected chi connectivity index (χ3v) is 6.08. The minimum absolute atomic E-state index is 0.0577. The van der Waals surface area contributed by atoms with Gasteiger partial charge in [0.05, 0.1) is 11.3 Å². The van der Waals surface area contributed by atoms with Crippen LogP contribution in [0.25, 0.3) is 0 Å². The molecule has 1 aromatic carbocycles. The van der Waals surface area contributed by atoms with E-state index in [2.05, 4.69) is 10.6 Å². The van der Waals surface area contributed by atoms with Crippen LogP contribution in [0.1, 0.15) is 35.7 Å².